The number of esters is 1. The lowest BCUT2D eigenvalue weighted by atomic mass is 9.78. The highest BCUT2D eigenvalue weighted by Crippen LogP contribution is 2.37. The molecule has 2 atom stereocenters. The van der Waals surface area contributed by atoms with E-state index in [4.69, 9.17) is 4.74 Å². The zero-order valence-corrected chi connectivity index (χ0v) is 19.5. The number of hydrogen-bond donors (Lipinski definition) is 0. The zero-order chi connectivity index (χ0) is 23.7. The van der Waals surface area contributed by atoms with E-state index >= 15 is 0 Å². The van der Waals surface area contributed by atoms with Crippen LogP contribution in [0.4, 0.5) is 10.5 Å². The average Bonchev–Trinajstić information content (AvgIpc) is 3.31. The molecule has 34 heavy (non-hydrogen) atoms. The Labute approximate surface area is 199 Å². The Morgan fingerprint density at radius 2 is 1.62 bits per heavy atom. The minimum absolute atomic E-state index is 0.117. The second kappa shape index (κ2) is 9.49. The van der Waals surface area contributed by atoms with Crippen molar-refractivity contribution in [3.8, 4) is 5.75 Å². The summed E-state index contributed by atoms with van der Waals surface area (Å²) in [4.78, 5) is 41.5. The molecule has 7 nitrogen and oxygen atoms in total. The fraction of sp³-hybridized carbons (Fsp3) is 0.444. The molecule has 0 N–H and O–H groups in total. The van der Waals surface area contributed by atoms with Gasteiger partial charge < -0.3 is 14.4 Å². The predicted octanol–water partition coefficient (Wildman–Crippen LogP) is 4.83. The van der Waals surface area contributed by atoms with Crippen molar-refractivity contribution < 1.29 is 23.9 Å². The Balaban J connectivity index is 1.28. The summed E-state index contributed by atoms with van der Waals surface area (Å²) in [6.07, 6.45) is 7.35. The van der Waals surface area contributed by atoms with Gasteiger partial charge in [-0.2, -0.15) is 0 Å². The van der Waals surface area contributed by atoms with Crippen molar-refractivity contribution in [1.29, 1.82) is 0 Å². The Bertz CT molecular complexity index is 1090. The highest BCUT2D eigenvalue weighted by molar-refractivity contribution is 5.97. The first-order chi connectivity index (χ1) is 16.5. The first kappa shape index (κ1) is 22.4. The van der Waals surface area contributed by atoms with Crippen LogP contribution in [0.25, 0.3) is 0 Å². The molecule has 2 aliphatic heterocycles. The van der Waals surface area contributed by atoms with E-state index in [1.807, 2.05) is 18.2 Å². The van der Waals surface area contributed by atoms with E-state index in [0.29, 0.717) is 41.8 Å². The fourth-order valence-corrected chi connectivity index (χ4v) is 5.70. The molecule has 0 unspecified atom stereocenters. The molecule has 7 heteroatoms. The summed E-state index contributed by atoms with van der Waals surface area (Å²) in [5, 5.41) is 0. The van der Waals surface area contributed by atoms with E-state index in [2.05, 4.69) is 9.64 Å². The van der Waals surface area contributed by atoms with Gasteiger partial charge in [0.2, 0.25) is 0 Å². The molecule has 2 aromatic carbocycles. The van der Waals surface area contributed by atoms with Gasteiger partial charge in [0.1, 0.15) is 5.75 Å². The number of anilines is 1. The van der Waals surface area contributed by atoms with Crippen LogP contribution in [0.2, 0.25) is 0 Å². The highest BCUT2D eigenvalue weighted by atomic mass is 16.6. The van der Waals surface area contributed by atoms with Crippen molar-refractivity contribution in [3.05, 3.63) is 59.2 Å². The predicted molar refractivity (Wildman–Crippen MR) is 127 cm³/mol. The lowest BCUT2D eigenvalue weighted by Crippen LogP contribution is -2.49. The maximum Gasteiger partial charge on any atom is 0.419 e. The summed E-state index contributed by atoms with van der Waals surface area (Å²) in [5.74, 6) is 0.671. The molecule has 0 bridgehead atoms. The monoisotopic (exact) mass is 462 g/mol. The lowest BCUT2D eigenvalue weighted by Gasteiger charge is -2.44. The number of methoxy groups -OCH3 is 1. The summed E-state index contributed by atoms with van der Waals surface area (Å²) in [6.45, 7) is 1.34. The van der Waals surface area contributed by atoms with Gasteiger partial charge in [0.15, 0.2) is 0 Å². The molecule has 0 radical (unpaired) electrons. The average molecular weight is 463 g/mol. The molecule has 1 aliphatic carbocycles. The summed E-state index contributed by atoms with van der Waals surface area (Å²) in [6, 6.07) is 12.3. The molecule has 1 saturated carbocycles. The van der Waals surface area contributed by atoms with Crippen LogP contribution in [-0.2, 0) is 11.2 Å². The third-order valence-electron chi connectivity index (χ3n) is 7.43. The number of likely N-dealkylation sites (tertiary alicyclic amines) is 1. The number of fused-ring (bicyclic) bond motifs is 2. The zero-order valence-electron chi connectivity index (χ0n) is 19.5. The number of carbonyl (C=O) groups excluding carboxylic acids is 3. The van der Waals surface area contributed by atoms with Crippen molar-refractivity contribution in [2.45, 2.75) is 51.0 Å². The molecule has 1 saturated heterocycles. The third kappa shape index (κ3) is 4.27. The second-order valence-electron chi connectivity index (χ2n) is 9.38. The number of nitrogens with zero attached hydrogens (tertiary/aromatic N) is 2. The van der Waals surface area contributed by atoms with Crippen LogP contribution in [0.15, 0.2) is 42.5 Å². The largest absolute Gasteiger partial charge is 0.465 e. The SMILES string of the molecule is COC(=O)c1ccc(OC(=O)N2CCc3cc(C(=O)N4CCC[C@@H]5CCCC[C@@H]54)ccc32)cc1. The van der Waals surface area contributed by atoms with Gasteiger partial charge in [0.25, 0.3) is 5.91 Å². The Kier molecular flexibility index (Phi) is 6.26. The van der Waals surface area contributed by atoms with Crippen molar-refractivity contribution in [1.82, 2.24) is 4.90 Å². The second-order valence-corrected chi connectivity index (χ2v) is 9.38. The van der Waals surface area contributed by atoms with E-state index in [1.54, 1.807) is 29.2 Å². The van der Waals surface area contributed by atoms with E-state index in [1.165, 1.54) is 32.8 Å². The van der Waals surface area contributed by atoms with E-state index in [0.717, 1.165) is 30.6 Å². The summed E-state index contributed by atoms with van der Waals surface area (Å²) in [7, 11) is 1.32. The molecule has 3 aliphatic rings. The maximum absolute atomic E-state index is 13.4. The Hall–Kier alpha value is -3.35. The smallest absolute Gasteiger partial charge is 0.419 e. The standard InChI is InChI=1S/C27H30N2O5/c1-33-26(31)19-8-11-22(12-9-19)34-27(32)29-16-14-20-17-21(10-13-24(20)29)25(30)28-15-4-6-18-5-2-3-7-23(18)28/h8-13,17-18,23H,2-7,14-16H2,1H3/t18-,23-/m0/s1. The molecule has 2 aromatic rings. The maximum atomic E-state index is 13.4. The lowest BCUT2D eigenvalue weighted by molar-refractivity contribution is 0.0390. The van der Waals surface area contributed by atoms with E-state index < -0.39 is 12.1 Å². The molecule has 2 heterocycles. The van der Waals surface area contributed by atoms with Gasteiger partial charge in [-0.3, -0.25) is 9.69 Å². The first-order valence-corrected chi connectivity index (χ1v) is 12.2. The van der Waals surface area contributed by atoms with Crippen LogP contribution in [0.1, 0.15) is 64.8 Å². The molecular weight excluding hydrogens is 432 g/mol. The highest BCUT2D eigenvalue weighted by Gasteiger charge is 2.36. The van der Waals surface area contributed by atoms with Gasteiger partial charge in [0, 0.05) is 24.7 Å². The van der Waals surface area contributed by atoms with Crippen LogP contribution in [-0.4, -0.2) is 49.1 Å². The molecule has 5 rings (SSSR count). The number of ether oxygens (including phenoxy) is 2. The number of benzene rings is 2. The molecule has 0 aromatic heterocycles. The summed E-state index contributed by atoms with van der Waals surface area (Å²) in [5.41, 5.74) is 2.86. The summed E-state index contributed by atoms with van der Waals surface area (Å²) < 4.78 is 10.2. The molecule has 2 amide bonds. The number of carbonyl (C=O) groups is 3. The quantitative estimate of drug-likeness (QED) is 0.611. The van der Waals surface area contributed by atoms with Gasteiger partial charge >= 0.3 is 12.1 Å². The number of rotatable bonds is 3. The molecule has 2 fully saturated rings. The third-order valence-corrected chi connectivity index (χ3v) is 7.43. The minimum Gasteiger partial charge on any atom is -0.465 e. The van der Waals surface area contributed by atoms with Crippen LogP contribution in [0.5, 0.6) is 5.75 Å². The summed E-state index contributed by atoms with van der Waals surface area (Å²) >= 11 is 0. The fourth-order valence-electron chi connectivity index (χ4n) is 5.70. The van der Waals surface area contributed by atoms with Gasteiger partial charge in [-0.25, -0.2) is 9.59 Å². The number of amides is 2. The van der Waals surface area contributed by atoms with Crippen molar-refractivity contribution in [3.63, 3.8) is 0 Å². The van der Waals surface area contributed by atoms with Gasteiger partial charge in [0.05, 0.1) is 18.4 Å². The number of piperidine rings is 1. The van der Waals surface area contributed by atoms with Gasteiger partial charge in [-0.15, -0.1) is 0 Å². The molecule has 0 spiro atoms. The first-order valence-electron chi connectivity index (χ1n) is 12.2. The van der Waals surface area contributed by atoms with Crippen LogP contribution in [0.3, 0.4) is 0 Å². The Morgan fingerprint density at radius 1 is 0.882 bits per heavy atom. The van der Waals surface area contributed by atoms with Crippen LogP contribution < -0.4 is 9.64 Å². The van der Waals surface area contributed by atoms with Crippen molar-refractivity contribution >= 4 is 23.7 Å². The normalized spacial score (nSPS) is 21.4. The molecule has 178 valence electrons. The van der Waals surface area contributed by atoms with Gasteiger partial charge in [-0.1, -0.05) is 12.8 Å². The van der Waals surface area contributed by atoms with Gasteiger partial charge in [-0.05, 0) is 86.1 Å². The van der Waals surface area contributed by atoms with Crippen molar-refractivity contribution in [2.75, 3.05) is 25.1 Å². The van der Waals surface area contributed by atoms with Crippen molar-refractivity contribution in [2.24, 2.45) is 5.92 Å². The number of hydrogen-bond acceptors (Lipinski definition) is 5. The molecular formula is C27H30N2O5. The van der Waals surface area contributed by atoms with E-state index in [9.17, 15) is 14.4 Å². The van der Waals surface area contributed by atoms with E-state index in [-0.39, 0.29) is 5.91 Å². The van der Waals surface area contributed by atoms with Crippen LogP contribution >= 0.6 is 0 Å². The van der Waals surface area contributed by atoms with Crippen LogP contribution in [0, 0.1) is 5.92 Å². The Morgan fingerprint density at radius 3 is 2.41 bits per heavy atom. The minimum atomic E-state index is -0.482. The topological polar surface area (TPSA) is 76.1 Å².